The van der Waals surface area contributed by atoms with Crippen molar-refractivity contribution in [2.24, 2.45) is 4.99 Å². The number of nitrogens with zero attached hydrogens (tertiary/aromatic N) is 2. The first-order valence-corrected chi connectivity index (χ1v) is 6.46. The monoisotopic (exact) mass is 258 g/mol. The fourth-order valence-corrected chi connectivity index (χ4v) is 2.64. The van der Waals surface area contributed by atoms with Gasteiger partial charge >= 0.3 is 0 Å². The van der Waals surface area contributed by atoms with E-state index in [4.69, 9.17) is 16.6 Å². The molecule has 0 radical (unpaired) electrons. The highest BCUT2D eigenvalue weighted by molar-refractivity contribution is 6.30. The van der Waals surface area contributed by atoms with Gasteiger partial charge in [-0.15, -0.1) is 0 Å². The molecule has 1 aliphatic carbocycles. The van der Waals surface area contributed by atoms with E-state index in [0.29, 0.717) is 6.04 Å². The smallest absolute Gasteiger partial charge is 0.131 e. The van der Waals surface area contributed by atoms with E-state index in [9.17, 15) is 0 Å². The van der Waals surface area contributed by atoms with E-state index in [2.05, 4.69) is 37.1 Å². The molecule has 0 N–H and O–H groups in total. The van der Waals surface area contributed by atoms with Crippen LogP contribution in [-0.4, -0.2) is 29.9 Å². The number of halogens is 1. The maximum absolute atomic E-state index is 5.92. The van der Waals surface area contributed by atoms with Crippen LogP contribution in [0, 0.1) is 0 Å². The minimum atomic E-state index is 0.241. The van der Waals surface area contributed by atoms with Crippen LogP contribution in [0.4, 0.5) is 0 Å². The zero-order chi connectivity index (χ0) is 12.7. The first-order valence-electron chi connectivity index (χ1n) is 6.08. The summed E-state index contributed by atoms with van der Waals surface area (Å²) in [5.41, 5.74) is 2.40. The standard InChI is InChI=1S/C15H15ClN2/c1-10-3-8-14-13(9-10)17-15(18(14)2)11-4-6-12(16)7-5-11/h3-9,13-14H,1-2H3. The second-order valence-corrected chi connectivity index (χ2v) is 5.26. The Morgan fingerprint density at radius 2 is 1.94 bits per heavy atom. The van der Waals surface area contributed by atoms with Crippen molar-refractivity contribution >= 4 is 17.4 Å². The Balaban J connectivity index is 1.96. The van der Waals surface area contributed by atoms with Gasteiger partial charge in [-0.2, -0.15) is 0 Å². The Kier molecular flexibility index (Phi) is 2.75. The molecule has 2 atom stereocenters. The van der Waals surface area contributed by atoms with Crippen LogP contribution in [0.15, 0.2) is 53.1 Å². The number of fused-ring (bicyclic) bond motifs is 1. The van der Waals surface area contributed by atoms with Gasteiger partial charge in [-0.1, -0.05) is 35.4 Å². The van der Waals surface area contributed by atoms with Gasteiger partial charge in [0.25, 0.3) is 0 Å². The first-order chi connectivity index (χ1) is 8.65. The molecule has 2 unspecified atom stereocenters. The number of likely N-dealkylation sites (N-methyl/N-ethyl adjacent to an activating group) is 1. The summed E-state index contributed by atoms with van der Waals surface area (Å²) in [5, 5.41) is 0.757. The molecule has 0 saturated carbocycles. The van der Waals surface area contributed by atoms with Gasteiger partial charge in [0, 0.05) is 17.6 Å². The second-order valence-electron chi connectivity index (χ2n) is 4.82. The van der Waals surface area contributed by atoms with Crippen molar-refractivity contribution in [3.8, 4) is 0 Å². The maximum Gasteiger partial charge on any atom is 0.131 e. The van der Waals surface area contributed by atoms with Gasteiger partial charge in [0.2, 0.25) is 0 Å². The molecule has 1 aromatic rings. The van der Waals surface area contributed by atoms with E-state index < -0.39 is 0 Å². The molecule has 1 aliphatic heterocycles. The Hall–Kier alpha value is -1.54. The van der Waals surface area contributed by atoms with E-state index >= 15 is 0 Å². The Morgan fingerprint density at radius 1 is 1.22 bits per heavy atom. The highest BCUT2D eigenvalue weighted by Gasteiger charge is 2.32. The number of rotatable bonds is 1. The minimum Gasteiger partial charge on any atom is -0.351 e. The van der Waals surface area contributed by atoms with Crippen LogP contribution in [-0.2, 0) is 0 Å². The quantitative estimate of drug-likeness (QED) is 0.755. The van der Waals surface area contributed by atoms with Crippen LogP contribution < -0.4 is 0 Å². The molecule has 0 amide bonds. The lowest BCUT2D eigenvalue weighted by Gasteiger charge is -2.25. The van der Waals surface area contributed by atoms with Gasteiger partial charge in [-0.05, 0) is 31.2 Å². The summed E-state index contributed by atoms with van der Waals surface area (Å²) in [6.07, 6.45) is 6.62. The van der Waals surface area contributed by atoms with Gasteiger partial charge in [-0.25, -0.2) is 0 Å². The highest BCUT2D eigenvalue weighted by Crippen LogP contribution is 2.26. The van der Waals surface area contributed by atoms with Gasteiger partial charge in [0.15, 0.2) is 0 Å². The van der Waals surface area contributed by atoms with Gasteiger partial charge in [-0.3, -0.25) is 4.99 Å². The third-order valence-electron chi connectivity index (χ3n) is 3.49. The van der Waals surface area contributed by atoms with Crippen LogP contribution in [0.1, 0.15) is 12.5 Å². The lowest BCUT2D eigenvalue weighted by Crippen LogP contribution is -2.35. The molecule has 0 fully saturated rings. The summed E-state index contributed by atoms with van der Waals surface area (Å²) < 4.78 is 0. The predicted molar refractivity (Wildman–Crippen MR) is 76.2 cm³/mol. The Labute approximate surface area is 112 Å². The van der Waals surface area contributed by atoms with Crippen LogP contribution in [0.5, 0.6) is 0 Å². The third kappa shape index (κ3) is 1.87. The van der Waals surface area contributed by atoms with Crippen molar-refractivity contribution in [2.45, 2.75) is 19.0 Å². The van der Waals surface area contributed by atoms with Crippen LogP contribution in [0.3, 0.4) is 0 Å². The van der Waals surface area contributed by atoms with Crippen LogP contribution >= 0.6 is 11.6 Å². The summed E-state index contributed by atoms with van der Waals surface area (Å²) in [7, 11) is 2.09. The molecular weight excluding hydrogens is 244 g/mol. The summed E-state index contributed by atoms with van der Waals surface area (Å²) in [5.74, 6) is 1.04. The van der Waals surface area contributed by atoms with E-state index in [1.165, 1.54) is 5.57 Å². The van der Waals surface area contributed by atoms with Crippen LogP contribution in [0.2, 0.25) is 5.02 Å². The molecule has 18 heavy (non-hydrogen) atoms. The number of benzene rings is 1. The minimum absolute atomic E-state index is 0.241. The molecule has 92 valence electrons. The van der Waals surface area contributed by atoms with Crippen molar-refractivity contribution < 1.29 is 0 Å². The van der Waals surface area contributed by atoms with Gasteiger partial charge in [0.05, 0.1) is 12.1 Å². The Morgan fingerprint density at radius 3 is 2.67 bits per heavy atom. The molecule has 0 saturated heterocycles. The van der Waals surface area contributed by atoms with Gasteiger partial charge < -0.3 is 4.90 Å². The summed E-state index contributed by atoms with van der Waals surface area (Å²) in [4.78, 5) is 7.04. The fraction of sp³-hybridized carbons (Fsp3) is 0.267. The Bertz CT molecular complexity index is 554. The van der Waals surface area contributed by atoms with Crippen molar-refractivity contribution in [3.63, 3.8) is 0 Å². The third-order valence-corrected chi connectivity index (χ3v) is 3.75. The predicted octanol–water partition coefficient (Wildman–Crippen LogP) is 3.29. The van der Waals surface area contributed by atoms with E-state index in [1.807, 2.05) is 24.3 Å². The molecule has 0 spiro atoms. The number of hydrogen-bond acceptors (Lipinski definition) is 2. The van der Waals surface area contributed by atoms with Crippen LogP contribution in [0.25, 0.3) is 0 Å². The molecule has 1 aromatic carbocycles. The molecule has 2 nitrogen and oxygen atoms in total. The van der Waals surface area contributed by atoms with Crippen molar-refractivity contribution in [3.05, 3.63) is 58.7 Å². The summed E-state index contributed by atoms with van der Waals surface area (Å²) in [6.45, 7) is 2.11. The van der Waals surface area contributed by atoms with Crippen molar-refractivity contribution in [1.82, 2.24) is 4.90 Å². The highest BCUT2D eigenvalue weighted by atomic mass is 35.5. The molecule has 0 aromatic heterocycles. The maximum atomic E-state index is 5.92. The molecule has 3 heteroatoms. The molecule has 0 bridgehead atoms. The molecule has 1 heterocycles. The first kappa shape index (κ1) is 11.5. The van der Waals surface area contributed by atoms with Crippen molar-refractivity contribution in [2.75, 3.05) is 7.05 Å². The van der Waals surface area contributed by atoms with E-state index in [0.717, 1.165) is 16.4 Å². The molecule has 2 aliphatic rings. The molecular formula is C15H15ClN2. The van der Waals surface area contributed by atoms with Gasteiger partial charge in [0.1, 0.15) is 5.84 Å². The topological polar surface area (TPSA) is 15.6 Å². The largest absolute Gasteiger partial charge is 0.351 e. The zero-order valence-electron chi connectivity index (χ0n) is 10.5. The second kappa shape index (κ2) is 4.29. The average molecular weight is 259 g/mol. The lowest BCUT2D eigenvalue weighted by molar-refractivity contribution is 0.436. The van der Waals surface area contributed by atoms with Crippen molar-refractivity contribution in [1.29, 1.82) is 0 Å². The zero-order valence-corrected chi connectivity index (χ0v) is 11.2. The summed E-state index contributed by atoms with van der Waals surface area (Å²) in [6, 6.07) is 8.45. The van der Waals surface area contributed by atoms with E-state index in [-0.39, 0.29) is 6.04 Å². The molecule has 3 rings (SSSR count). The fourth-order valence-electron chi connectivity index (χ4n) is 2.51. The number of amidine groups is 1. The lowest BCUT2D eigenvalue weighted by atomic mass is 9.99. The average Bonchev–Trinajstić information content (AvgIpc) is 2.67. The number of aliphatic imine (C=N–C) groups is 1. The summed E-state index contributed by atoms with van der Waals surface area (Å²) >= 11 is 5.92. The van der Waals surface area contributed by atoms with E-state index in [1.54, 1.807) is 0 Å². The number of allylic oxidation sites excluding steroid dienone is 2. The number of hydrogen-bond donors (Lipinski definition) is 0. The SMILES string of the molecule is CC1=CC2N=C(c3ccc(Cl)cc3)N(C)C2C=C1. The normalized spacial score (nSPS) is 25.8.